The van der Waals surface area contributed by atoms with E-state index in [1.54, 1.807) is 6.92 Å². The van der Waals surface area contributed by atoms with Gasteiger partial charge >= 0.3 is 6.03 Å². The van der Waals surface area contributed by atoms with Crippen molar-refractivity contribution in [2.24, 2.45) is 0 Å². The van der Waals surface area contributed by atoms with Crippen LogP contribution in [-0.4, -0.2) is 26.0 Å². The third-order valence-corrected chi connectivity index (χ3v) is 4.29. The SMILES string of the molecule is CC1=C(C(=O)Nc2ccccc2)[C@@H](c2ccc(N(C)C)cc2)NC(=O)N1. The number of para-hydroxylation sites is 1. The predicted molar refractivity (Wildman–Crippen MR) is 103 cm³/mol. The molecule has 6 nitrogen and oxygen atoms in total. The Bertz CT molecular complexity index is 842. The van der Waals surface area contributed by atoms with Gasteiger partial charge in [-0.25, -0.2) is 4.79 Å². The van der Waals surface area contributed by atoms with E-state index in [9.17, 15) is 9.59 Å². The Morgan fingerprint density at radius 3 is 2.31 bits per heavy atom. The molecule has 0 unspecified atom stereocenters. The second-order valence-electron chi connectivity index (χ2n) is 6.38. The summed E-state index contributed by atoms with van der Waals surface area (Å²) in [5.74, 6) is -0.247. The van der Waals surface area contributed by atoms with E-state index < -0.39 is 6.04 Å². The molecule has 134 valence electrons. The van der Waals surface area contributed by atoms with E-state index in [2.05, 4.69) is 16.0 Å². The molecule has 1 aliphatic heterocycles. The van der Waals surface area contributed by atoms with Crippen LogP contribution < -0.4 is 20.9 Å². The Morgan fingerprint density at radius 1 is 1.04 bits per heavy atom. The number of urea groups is 1. The molecular formula is C20H22N4O2. The lowest BCUT2D eigenvalue weighted by atomic mass is 9.94. The van der Waals surface area contributed by atoms with Crippen LogP contribution in [-0.2, 0) is 4.79 Å². The maximum Gasteiger partial charge on any atom is 0.319 e. The van der Waals surface area contributed by atoms with Gasteiger partial charge in [0, 0.05) is 31.2 Å². The van der Waals surface area contributed by atoms with Crippen LogP contribution in [0.2, 0.25) is 0 Å². The lowest BCUT2D eigenvalue weighted by molar-refractivity contribution is -0.113. The monoisotopic (exact) mass is 350 g/mol. The minimum Gasteiger partial charge on any atom is -0.378 e. The molecule has 1 aliphatic rings. The van der Waals surface area contributed by atoms with Gasteiger partial charge in [0.25, 0.3) is 5.91 Å². The van der Waals surface area contributed by atoms with Gasteiger partial charge in [-0.3, -0.25) is 4.79 Å². The Hall–Kier alpha value is -3.28. The molecule has 6 heteroatoms. The highest BCUT2D eigenvalue weighted by atomic mass is 16.2. The van der Waals surface area contributed by atoms with Gasteiger partial charge in [-0.1, -0.05) is 30.3 Å². The number of hydrogen-bond acceptors (Lipinski definition) is 3. The summed E-state index contributed by atoms with van der Waals surface area (Å²) < 4.78 is 0. The normalized spacial score (nSPS) is 16.6. The number of carbonyl (C=O) groups is 2. The van der Waals surface area contributed by atoms with Crippen molar-refractivity contribution in [3.63, 3.8) is 0 Å². The molecule has 0 aliphatic carbocycles. The van der Waals surface area contributed by atoms with E-state index in [0.29, 0.717) is 17.0 Å². The van der Waals surface area contributed by atoms with Crippen molar-refractivity contribution in [1.82, 2.24) is 10.6 Å². The van der Waals surface area contributed by atoms with Crippen molar-refractivity contribution < 1.29 is 9.59 Å². The number of carbonyl (C=O) groups excluding carboxylic acids is 2. The summed E-state index contributed by atoms with van der Waals surface area (Å²) in [4.78, 5) is 26.8. The van der Waals surface area contributed by atoms with Crippen LogP contribution in [0.4, 0.5) is 16.2 Å². The number of benzene rings is 2. The third kappa shape index (κ3) is 3.69. The van der Waals surface area contributed by atoms with Crippen LogP contribution in [0, 0.1) is 0 Å². The molecule has 3 N–H and O–H groups in total. The van der Waals surface area contributed by atoms with Gasteiger partial charge in [-0.15, -0.1) is 0 Å². The lowest BCUT2D eigenvalue weighted by Crippen LogP contribution is -2.45. The zero-order valence-electron chi connectivity index (χ0n) is 15.0. The fraction of sp³-hybridized carbons (Fsp3) is 0.200. The van der Waals surface area contributed by atoms with Crippen LogP contribution in [0.5, 0.6) is 0 Å². The predicted octanol–water partition coefficient (Wildman–Crippen LogP) is 3.02. The van der Waals surface area contributed by atoms with E-state index in [4.69, 9.17) is 0 Å². The largest absolute Gasteiger partial charge is 0.378 e. The molecule has 26 heavy (non-hydrogen) atoms. The molecule has 0 spiro atoms. The molecule has 0 saturated carbocycles. The van der Waals surface area contributed by atoms with Gasteiger partial charge in [-0.2, -0.15) is 0 Å². The first-order valence-corrected chi connectivity index (χ1v) is 8.37. The zero-order chi connectivity index (χ0) is 18.7. The van der Waals surface area contributed by atoms with Gasteiger partial charge < -0.3 is 20.9 Å². The third-order valence-electron chi connectivity index (χ3n) is 4.29. The van der Waals surface area contributed by atoms with Gasteiger partial charge in [0.2, 0.25) is 0 Å². The van der Waals surface area contributed by atoms with E-state index in [0.717, 1.165) is 11.3 Å². The highest BCUT2D eigenvalue weighted by Gasteiger charge is 2.31. The van der Waals surface area contributed by atoms with Crippen LogP contribution in [0.15, 0.2) is 65.9 Å². The summed E-state index contributed by atoms with van der Waals surface area (Å²) in [6, 6.07) is 16.2. The number of rotatable bonds is 4. The summed E-state index contributed by atoms with van der Waals surface area (Å²) in [7, 11) is 3.92. The topological polar surface area (TPSA) is 73.5 Å². The van der Waals surface area contributed by atoms with Gasteiger partial charge in [-0.05, 0) is 36.8 Å². The van der Waals surface area contributed by atoms with Crippen LogP contribution >= 0.6 is 0 Å². The zero-order valence-corrected chi connectivity index (χ0v) is 15.0. The van der Waals surface area contributed by atoms with Crippen molar-refractivity contribution in [3.05, 3.63) is 71.4 Å². The van der Waals surface area contributed by atoms with E-state index in [-0.39, 0.29) is 11.9 Å². The molecule has 2 aromatic carbocycles. The molecular weight excluding hydrogens is 328 g/mol. The average molecular weight is 350 g/mol. The highest BCUT2D eigenvalue weighted by molar-refractivity contribution is 6.06. The number of allylic oxidation sites excluding steroid dienone is 1. The minimum absolute atomic E-state index is 0.247. The Balaban J connectivity index is 1.92. The number of nitrogens with one attached hydrogen (secondary N) is 3. The smallest absolute Gasteiger partial charge is 0.319 e. The maximum atomic E-state index is 12.9. The van der Waals surface area contributed by atoms with Crippen molar-refractivity contribution >= 4 is 23.3 Å². The Kier molecular flexibility index (Phi) is 4.93. The van der Waals surface area contributed by atoms with Gasteiger partial charge in [0.1, 0.15) is 0 Å². The van der Waals surface area contributed by atoms with E-state index in [1.165, 1.54) is 0 Å². The molecule has 3 rings (SSSR count). The molecule has 3 amide bonds. The van der Waals surface area contributed by atoms with Crippen molar-refractivity contribution in [1.29, 1.82) is 0 Å². The number of anilines is 2. The molecule has 0 radical (unpaired) electrons. The fourth-order valence-electron chi connectivity index (χ4n) is 2.93. The first-order valence-electron chi connectivity index (χ1n) is 8.37. The summed E-state index contributed by atoms with van der Waals surface area (Å²) in [6.07, 6.45) is 0. The standard InChI is InChI=1S/C20H22N4O2/c1-13-17(19(25)22-15-7-5-4-6-8-15)18(23-20(26)21-13)14-9-11-16(12-10-14)24(2)3/h4-12,18H,1-3H3,(H,22,25)(H2,21,23,26)/t18-/m1/s1. The maximum absolute atomic E-state index is 12.9. The first-order chi connectivity index (χ1) is 12.5. The number of amides is 3. The first kappa shape index (κ1) is 17.5. The second-order valence-corrected chi connectivity index (χ2v) is 6.38. The van der Waals surface area contributed by atoms with Crippen molar-refractivity contribution in [2.75, 3.05) is 24.3 Å². The lowest BCUT2D eigenvalue weighted by Gasteiger charge is -2.29. The number of hydrogen-bond donors (Lipinski definition) is 3. The molecule has 0 bridgehead atoms. The Labute approximate surface area is 152 Å². The van der Waals surface area contributed by atoms with Gasteiger partial charge in [0.15, 0.2) is 0 Å². The van der Waals surface area contributed by atoms with Crippen molar-refractivity contribution in [3.8, 4) is 0 Å². The second kappa shape index (κ2) is 7.31. The molecule has 0 fully saturated rings. The molecule has 2 aromatic rings. The molecule has 0 aromatic heterocycles. The summed E-state index contributed by atoms with van der Waals surface area (Å²) in [5, 5.41) is 8.42. The highest BCUT2D eigenvalue weighted by Crippen LogP contribution is 2.29. The van der Waals surface area contributed by atoms with E-state index in [1.807, 2.05) is 73.6 Å². The van der Waals surface area contributed by atoms with Crippen LogP contribution in [0.25, 0.3) is 0 Å². The van der Waals surface area contributed by atoms with Crippen LogP contribution in [0.3, 0.4) is 0 Å². The average Bonchev–Trinajstić information content (AvgIpc) is 2.61. The van der Waals surface area contributed by atoms with Gasteiger partial charge in [0.05, 0.1) is 11.6 Å². The Morgan fingerprint density at radius 2 is 1.69 bits per heavy atom. The molecule has 1 atom stereocenters. The van der Waals surface area contributed by atoms with Crippen molar-refractivity contribution in [2.45, 2.75) is 13.0 Å². The summed E-state index contributed by atoms with van der Waals surface area (Å²) in [5.41, 5.74) is 3.64. The quantitative estimate of drug-likeness (QED) is 0.794. The summed E-state index contributed by atoms with van der Waals surface area (Å²) in [6.45, 7) is 1.74. The molecule has 1 heterocycles. The fourth-order valence-corrected chi connectivity index (χ4v) is 2.93. The van der Waals surface area contributed by atoms with E-state index >= 15 is 0 Å². The van der Waals surface area contributed by atoms with Crippen LogP contribution in [0.1, 0.15) is 18.5 Å². The molecule has 0 saturated heterocycles. The minimum atomic E-state index is -0.510. The number of nitrogens with zero attached hydrogens (tertiary/aromatic N) is 1. The summed E-state index contributed by atoms with van der Waals surface area (Å²) >= 11 is 0.